The van der Waals surface area contributed by atoms with Gasteiger partial charge in [-0.25, -0.2) is 5.48 Å². The SMILES string of the molecule is Cc1ccc(C2[C@H](C(=O)NOCc3ccccc3)c3ccccc3C(=O)N2[C@H]2CCCCC2NC(=O)CO)c(C)c1. The molecule has 3 aromatic rings. The van der Waals surface area contributed by atoms with E-state index in [0.717, 1.165) is 35.1 Å². The minimum Gasteiger partial charge on any atom is -0.387 e. The lowest BCUT2D eigenvalue weighted by Crippen LogP contribution is -2.59. The number of nitrogens with one attached hydrogen (secondary N) is 2. The molecule has 2 aliphatic rings. The summed E-state index contributed by atoms with van der Waals surface area (Å²) in [5.41, 5.74) is 7.65. The number of hydrogen-bond donors (Lipinski definition) is 3. The number of aliphatic hydroxyl groups is 1. The molecule has 214 valence electrons. The fourth-order valence-corrected chi connectivity index (χ4v) is 6.38. The van der Waals surface area contributed by atoms with Crippen LogP contribution in [-0.2, 0) is 21.0 Å². The summed E-state index contributed by atoms with van der Waals surface area (Å²) in [6, 6.07) is 21.6. The Kier molecular flexibility index (Phi) is 8.81. The highest BCUT2D eigenvalue weighted by Crippen LogP contribution is 2.46. The zero-order chi connectivity index (χ0) is 28.9. The van der Waals surface area contributed by atoms with Gasteiger partial charge in [-0.2, -0.15) is 0 Å². The Balaban J connectivity index is 1.59. The van der Waals surface area contributed by atoms with Crippen LogP contribution in [-0.4, -0.2) is 46.4 Å². The second-order valence-corrected chi connectivity index (χ2v) is 11.0. The Labute approximate surface area is 240 Å². The summed E-state index contributed by atoms with van der Waals surface area (Å²) in [4.78, 5) is 48.2. The van der Waals surface area contributed by atoms with E-state index < -0.39 is 24.5 Å². The number of carbonyl (C=O) groups is 3. The molecule has 3 amide bonds. The van der Waals surface area contributed by atoms with Crippen LogP contribution in [0.4, 0.5) is 0 Å². The first kappa shape index (κ1) is 28.5. The standard InChI is InChI=1S/C33H37N3O5/c1-21-16-17-24(22(2)18-21)31-30(32(39)35-41-20-23-10-4-3-5-11-23)25-12-6-7-13-26(25)33(40)36(31)28-15-9-8-14-27(28)34-29(38)19-37/h3-7,10-13,16-18,27-28,30-31,37H,8-9,14-15,19-20H2,1-2H3,(H,34,38)(H,35,39)/t27?,28-,30+,31?/m0/s1. The third-order valence-corrected chi connectivity index (χ3v) is 8.23. The lowest BCUT2D eigenvalue weighted by atomic mass is 9.75. The number of hydroxylamine groups is 1. The Hall–Kier alpha value is -4.01. The smallest absolute Gasteiger partial charge is 0.255 e. The van der Waals surface area contributed by atoms with Crippen molar-refractivity contribution in [2.45, 2.75) is 70.2 Å². The lowest BCUT2D eigenvalue weighted by Gasteiger charge is -2.49. The molecule has 8 heteroatoms. The molecule has 2 unspecified atom stereocenters. The maximum atomic E-state index is 14.3. The normalized spacial score (nSPS) is 22.1. The highest BCUT2D eigenvalue weighted by Gasteiger charge is 2.49. The summed E-state index contributed by atoms with van der Waals surface area (Å²) in [6.45, 7) is 3.59. The van der Waals surface area contributed by atoms with Crippen LogP contribution in [0.25, 0.3) is 0 Å². The first-order valence-corrected chi connectivity index (χ1v) is 14.2. The van der Waals surface area contributed by atoms with E-state index in [1.807, 2.05) is 73.3 Å². The second kappa shape index (κ2) is 12.7. The predicted molar refractivity (Wildman–Crippen MR) is 155 cm³/mol. The van der Waals surface area contributed by atoms with E-state index >= 15 is 0 Å². The van der Waals surface area contributed by atoms with Crippen LogP contribution in [0.1, 0.15) is 75.8 Å². The summed E-state index contributed by atoms with van der Waals surface area (Å²) in [5, 5.41) is 12.4. The number of nitrogens with zero attached hydrogens (tertiary/aromatic N) is 1. The van der Waals surface area contributed by atoms with Gasteiger partial charge in [0.2, 0.25) is 5.91 Å². The number of fused-ring (bicyclic) bond motifs is 1. The maximum Gasteiger partial charge on any atom is 0.255 e. The molecule has 8 nitrogen and oxygen atoms in total. The number of carbonyl (C=O) groups excluding carboxylic acids is 3. The van der Waals surface area contributed by atoms with Crippen molar-refractivity contribution in [1.82, 2.24) is 15.7 Å². The fraction of sp³-hybridized carbons (Fsp3) is 0.364. The van der Waals surface area contributed by atoms with Gasteiger partial charge in [-0.3, -0.25) is 19.2 Å². The summed E-state index contributed by atoms with van der Waals surface area (Å²) in [7, 11) is 0. The molecule has 1 aliphatic carbocycles. The van der Waals surface area contributed by atoms with Gasteiger partial charge in [0.05, 0.1) is 24.6 Å². The molecular formula is C33H37N3O5. The van der Waals surface area contributed by atoms with Crippen LogP contribution in [0.5, 0.6) is 0 Å². The molecule has 1 fully saturated rings. The summed E-state index contributed by atoms with van der Waals surface area (Å²) >= 11 is 0. The Morgan fingerprint density at radius 1 is 0.951 bits per heavy atom. The molecule has 3 N–H and O–H groups in total. The first-order chi connectivity index (χ1) is 19.9. The summed E-state index contributed by atoms with van der Waals surface area (Å²) in [6.07, 6.45) is 3.14. The third kappa shape index (κ3) is 6.04. The van der Waals surface area contributed by atoms with Gasteiger partial charge >= 0.3 is 0 Å². The molecule has 1 heterocycles. The molecule has 0 radical (unpaired) electrons. The fourth-order valence-electron chi connectivity index (χ4n) is 6.38. The number of hydrogen-bond acceptors (Lipinski definition) is 5. The molecule has 0 bridgehead atoms. The van der Waals surface area contributed by atoms with Crippen LogP contribution in [0, 0.1) is 13.8 Å². The van der Waals surface area contributed by atoms with Crippen LogP contribution >= 0.6 is 0 Å². The molecule has 0 spiro atoms. The highest BCUT2D eigenvalue weighted by molar-refractivity contribution is 6.01. The minimum atomic E-state index is -0.753. The molecule has 0 aromatic heterocycles. The van der Waals surface area contributed by atoms with Gasteiger partial charge in [-0.15, -0.1) is 0 Å². The van der Waals surface area contributed by atoms with Crippen molar-refractivity contribution in [2.24, 2.45) is 0 Å². The predicted octanol–water partition coefficient (Wildman–Crippen LogP) is 4.25. The molecule has 0 saturated heterocycles. The maximum absolute atomic E-state index is 14.3. The van der Waals surface area contributed by atoms with Gasteiger partial charge < -0.3 is 15.3 Å². The summed E-state index contributed by atoms with van der Waals surface area (Å²) < 4.78 is 0. The Morgan fingerprint density at radius 3 is 2.44 bits per heavy atom. The molecule has 41 heavy (non-hydrogen) atoms. The molecule has 4 atom stereocenters. The van der Waals surface area contributed by atoms with Gasteiger partial charge in [0.25, 0.3) is 11.8 Å². The minimum absolute atomic E-state index is 0.171. The number of amides is 3. The Morgan fingerprint density at radius 2 is 1.68 bits per heavy atom. The second-order valence-electron chi connectivity index (χ2n) is 11.0. The number of benzene rings is 3. The van der Waals surface area contributed by atoms with Crippen molar-refractivity contribution < 1.29 is 24.3 Å². The van der Waals surface area contributed by atoms with Crippen LogP contribution < -0.4 is 10.8 Å². The zero-order valence-corrected chi connectivity index (χ0v) is 23.5. The van der Waals surface area contributed by atoms with E-state index in [2.05, 4.69) is 16.9 Å². The van der Waals surface area contributed by atoms with Crippen molar-refractivity contribution in [3.8, 4) is 0 Å². The lowest BCUT2D eigenvalue weighted by molar-refractivity contribution is -0.138. The van der Waals surface area contributed by atoms with E-state index in [1.165, 1.54) is 0 Å². The zero-order valence-electron chi connectivity index (χ0n) is 23.5. The van der Waals surface area contributed by atoms with Crippen molar-refractivity contribution in [3.63, 3.8) is 0 Å². The average molecular weight is 556 g/mol. The van der Waals surface area contributed by atoms with Gasteiger partial charge in [-0.05, 0) is 55.0 Å². The van der Waals surface area contributed by atoms with Crippen molar-refractivity contribution in [1.29, 1.82) is 0 Å². The first-order valence-electron chi connectivity index (χ1n) is 14.2. The van der Waals surface area contributed by atoms with Crippen LogP contribution in [0.3, 0.4) is 0 Å². The molecule has 5 rings (SSSR count). The van der Waals surface area contributed by atoms with Crippen molar-refractivity contribution in [2.75, 3.05) is 6.61 Å². The monoisotopic (exact) mass is 555 g/mol. The van der Waals surface area contributed by atoms with Gasteiger partial charge in [-0.1, -0.05) is 85.1 Å². The van der Waals surface area contributed by atoms with Crippen molar-refractivity contribution in [3.05, 3.63) is 106 Å². The number of aryl methyl sites for hydroxylation is 2. The van der Waals surface area contributed by atoms with E-state index in [4.69, 9.17) is 4.84 Å². The van der Waals surface area contributed by atoms with E-state index in [-0.39, 0.29) is 30.5 Å². The van der Waals surface area contributed by atoms with Gasteiger partial charge in [0.1, 0.15) is 6.61 Å². The van der Waals surface area contributed by atoms with Crippen LogP contribution in [0.15, 0.2) is 72.8 Å². The third-order valence-electron chi connectivity index (χ3n) is 8.23. The van der Waals surface area contributed by atoms with Gasteiger partial charge in [0.15, 0.2) is 0 Å². The molecule has 3 aromatic carbocycles. The molecule has 1 saturated carbocycles. The van der Waals surface area contributed by atoms with E-state index in [0.29, 0.717) is 24.0 Å². The highest BCUT2D eigenvalue weighted by atomic mass is 16.6. The quantitative estimate of drug-likeness (QED) is 0.360. The van der Waals surface area contributed by atoms with Crippen LogP contribution in [0.2, 0.25) is 0 Å². The topological polar surface area (TPSA) is 108 Å². The molecular weight excluding hydrogens is 518 g/mol. The Bertz CT molecular complexity index is 1410. The number of rotatable bonds is 8. The summed E-state index contributed by atoms with van der Waals surface area (Å²) in [5.74, 6) is -1.74. The van der Waals surface area contributed by atoms with Gasteiger partial charge in [0, 0.05) is 11.6 Å². The number of aliphatic hydroxyl groups excluding tert-OH is 1. The van der Waals surface area contributed by atoms with Crippen molar-refractivity contribution >= 4 is 17.7 Å². The average Bonchev–Trinajstić information content (AvgIpc) is 2.98. The largest absolute Gasteiger partial charge is 0.387 e. The molecule has 1 aliphatic heterocycles. The van der Waals surface area contributed by atoms with E-state index in [1.54, 1.807) is 12.1 Å². The van der Waals surface area contributed by atoms with E-state index in [9.17, 15) is 19.5 Å².